The summed E-state index contributed by atoms with van der Waals surface area (Å²) >= 11 is 0. The van der Waals surface area contributed by atoms with E-state index in [0.29, 0.717) is 12.8 Å². The first kappa shape index (κ1) is 11.9. The summed E-state index contributed by atoms with van der Waals surface area (Å²) in [5.74, 6) is -0.820. The van der Waals surface area contributed by atoms with Crippen molar-refractivity contribution in [2.75, 3.05) is 19.8 Å². The van der Waals surface area contributed by atoms with Gasteiger partial charge in [-0.25, -0.2) is 4.79 Å². The van der Waals surface area contributed by atoms with E-state index in [0.717, 1.165) is 0 Å². The van der Waals surface area contributed by atoms with Crippen molar-refractivity contribution in [2.24, 2.45) is 5.41 Å². The van der Waals surface area contributed by atoms with Gasteiger partial charge in [0.2, 0.25) is 0 Å². The molecule has 0 spiro atoms. The third kappa shape index (κ3) is 2.00. The lowest BCUT2D eigenvalue weighted by molar-refractivity contribution is -0.153. The number of carboxylic acid groups (broad SMARTS) is 1. The van der Waals surface area contributed by atoms with Gasteiger partial charge in [0, 0.05) is 6.54 Å². The van der Waals surface area contributed by atoms with Gasteiger partial charge in [0.05, 0.1) is 17.6 Å². The van der Waals surface area contributed by atoms with Crippen LogP contribution < -0.4 is 5.32 Å². The fraction of sp³-hybridized carbons (Fsp3) is 0.636. The van der Waals surface area contributed by atoms with Crippen LogP contribution in [0.3, 0.4) is 0 Å². The molecule has 3 fully saturated rings. The van der Waals surface area contributed by atoms with Crippen molar-refractivity contribution in [1.29, 1.82) is 0 Å². The number of carbonyl (C=O) groups excluding carboxylic acids is 1. The van der Waals surface area contributed by atoms with E-state index in [9.17, 15) is 9.59 Å². The lowest BCUT2D eigenvalue weighted by Crippen LogP contribution is -2.54. The quantitative estimate of drug-likeness (QED) is 0.686. The maximum atomic E-state index is 11.2. The zero-order valence-electron chi connectivity index (χ0n) is 9.40. The molecule has 1 saturated carbocycles. The molecule has 2 aliphatic heterocycles. The minimum Gasteiger partial charge on any atom is -0.481 e. The topological polar surface area (TPSA) is 84.9 Å². The van der Waals surface area contributed by atoms with Crippen LogP contribution >= 0.6 is 0 Å². The number of hydrogen-bond acceptors (Lipinski definition) is 4. The number of aliphatic carboxylic acids is 1. The Morgan fingerprint density at radius 3 is 2.76 bits per heavy atom. The lowest BCUT2D eigenvalue weighted by atomic mass is 9.62. The molecule has 2 N–H and O–H groups in total. The van der Waals surface area contributed by atoms with Crippen molar-refractivity contribution in [1.82, 2.24) is 5.32 Å². The number of carboxylic acids is 1. The summed E-state index contributed by atoms with van der Waals surface area (Å²) < 4.78 is 10.2. The minimum absolute atomic E-state index is 0.152. The van der Waals surface area contributed by atoms with Crippen molar-refractivity contribution in [3.05, 3.63) is 12.7 Å². The van der Waals surface area contributed by atoms with Gasteiger partial charge < -0.3 is 19.9 Å². The normalized spacial score (nSPS) is 33.6. The zero-order chi connectivity index (χ0) is 12.5. The van der Waals surface area contributed by atoms with Crippen LogP contribution in [0.25, 0.3) is 0 Å². The second-order valence-electron chi connectivity index (χ2n) is 4.65. The van der Waals surface area contributed by atoms with Crippen molar-refractivity contribution in [2.45, 2.75) is 18.4 Å². The molecule has 0 unspecified atom stereocenters. The Labute approximate surface area is 98.6 Å². The van der Waals surface area contributed by atoms with Crippen molar-refractivity contribution in [3.8, 4) is 0 Å². The van der Waals surface area contributed by atoms with Gasteiger partial charge >= 0.3 is 12.1 Å². The van der Waals surface area contributed by atoms with Crippen LogP contribution in [0.15, 0.2) is 12.7 Å². The number of ether oxygens (including phenoxy) is 2. The summed E-state index contributed by atoms with van der Waals surface area (Å²) in [6.07, 6.45) is 1.85. The molecule has 0 atom stereocenters. The van der Waals surface area contributed by atoms with Crippen LogP contribution in [-0.4, -0.2) is 42.5 Å². The number of fused-ring (bicyclic) bond motifs is 1. The van der Waals surface area contributed by atoms with E-state index in [1.807, 2.05) is 0 Å². The summed E-state index contributed by atoms with van der Waals surface area (Å²) in [6, 6.07) is 0. The smallest absolute Gasteiger partial charge is 0.407 e. The number of hydrogen-bond donors (Lipinski definition) is 2. The highest BCUT2D eigenvalue weighted by Gasteiger charge is 2.66. The Morgan fingerprint density at radius 2 is 2.24 bits per heavy atom. The lowest BCUT2D eigenvalue weighted by Gasteiger charge is -2.41. The minimum atomic E-state index is -0.820. The fourth-order valence-electron chi connectivity index (χ4n) is 2.48. The van der Waals surface area contributed by atoms with Gasteiger partial charge in [-0.2, -0.15) is 0 Å². The monoisotopic (exact) mass is 241 g/mol. The number of carbonyl (C=O) groups is 2. The maximum absolute atomic E-state index is 11.2. The Kier molecular flexibility index (Phi) is 2.82. The molecule has 2 saturated heterocycles. The molecule has 3 aliphatic rings. The molecule has 2 heterocycles. The highest BCUT2D eigenvalue weighted by atomic mass is 16.6. The molecule has 2 bridgehead atoms. The Morgan fingerprint density at radius 1 is 1.53 bits per heavy atom. The summed E-state index contributed by atoms with van der Waals surface area (Å²) in [4.78, 5) is 22.2. The van der Waals surface area contributed by atoms with Crippen LogP contribution in [0, 0.1) is 5.41 Å². The van der Waals surface area contributed by atoms with E-state index in [1.54, 1.807) is 0 Å². The SMILES string of the molecule is C=CCOC(=O)NCC12CC(C(=O)O)(CO1)C2. The third-order valence-corrected chi connectivity index (χ3v) is 3.32. The summed E-state index contributed by atoms with van der Waals surface area (Å²) in [6.45, 7) is 4.09. The fourth-order valence-corrected chi connectivity index (χ4v) is 2.48. The summed E-state index contributed by atoms with van der Waals surface area (Å²) in [7, 11) is 0. The van der Waals surface area contributed by atoms with Gasteiger partial charge in [-0.05, 0) is 12.8 Å². The Hall–Kier alpha value is -1.56. The first-order valence-electron chi connectivity index (χ1n) is 5.41. The maximum Gasteiger partial charge on any atom is 0.407 e. The van der Waals surface area contributed by atoms with E-state index >= 15 is 0 Å². The van der Waals surface area contributed by atoms with E-state index in [1.165, 1.54) is 6.08 Å². The van der Waals surface area contributed by atoms with Crippen LogP contribution in [0.2, 0.25) is 0 Å². The van der Waals surface area contributed by atoms with Crippen LogP contribution in [0.5, 0.6) is 0 Å². The molecule has 0 radical (unpaired) electrons. The van der Waals surface area contributed by atoms with Gasteiger partial charge in [-0.15, -0.1) is 0 Å². The van der Waals surface area contributed by atoms with Crippen LogP contribution in [-0.2, 0) is 14.3 Å². The van der Waals surface area contributed by atoms with Crippen molar-refractivity contribution < 1.29 is 24.2 Å². The van der Waals surface area contributed by atoms with Crippen LogP contribution in [0.4, 0.5) is 4.79 Å². The highest BCUT2D eigenvalue weighted by Crippen LogP contribution is 2.57. The molecule has 0 aromatic carbocycles. The van der Waals surface area contributed by atoms with Crippen molar-refractivity contribution in [3.63, 3.8) is 0 Å². The number of rotatable bonds is 5. The second-order valence-corrected chi connectivity index (χ2v) is 4.65. The molecular formula is C11H15NO5. The van der Waals surface area contributed by atoms with Gasteiger partial charge in [0.15, 0.2) is 0 Å². The van der Waals surface area contributed by atoms with E-state index in [4.69, 9.17) is 14.6 Å². The Balaban J connectivity index is 1.78. The molecule has 1 aliphatic carbocycles. The second kappa shape index (κ2) is 4.03. The molecular weight excluding hydrogens is 226 g/mol. The molecule has 1 amide bonds. The number of amides is 1. The third-order valence-electron chi connectivity index (χ3n) is 3.32. The highest BCUT2D eigenvalue weighted by molar-refractivity contribution is 5.78. The van der Waals surface area contributed by atoms with Crippen LogP contribution in [0.1, 0.15) is 12.8 Å². The molecule has 0 aromatic rings. The van der Waals surface area contributed by atoms with E-state index < -0.39 is 23.1 Å². The molecule has 17 heavy (non-hydrogen) atoms. The zero-order valence-corrected chi connectivity index (χ0v) is 9.40. The van der Waals surface area contributed by atoms with Gasteiger partial charge in [-0.1, -0.05) is 12.7 Å². The summed E-state index contributed by atoms with van der Waals surface area (Å²) in [5.41, 5.74) is -1.24. The first-order valence-corrected chi connectivity index (χ1v) is 5.41. The number of nitrogens with one attached hydrogen (secondary N) is 1. The van der Waals surface area contributed by atoms with Gasteiger partial charge in [0.25, 0.3) is 0 Å². The molecule has 6 nitrogen and oxygen atoms in total. The average molecular weight is 241 g/mol. The van der Waals surface area contributed by atoms with E-state index in [2.05, 4.69) is 11.9 Å². The van der Waals surface area contributed by atoms with Crippen molar-refractivity contribution >= 4 is 12.1 Å². The average Bonchev–Trinajstić information content (AvgIpc) is 2.79. The number of alkyl carbamates (subject to hydrolysis) is 1. The molecule has 94 valence electrons. The molecule has 0 aromatic heterocycles. The first-order chi connectivity index (χ1) is 8.02. The van der Waals surface area contributed by atoms with Gasteiger partial charge in [-0.3, -0.25) is 4.79 Å². The van der Waals surface area contributed by atoms with E-state index in [-0.39, 0.29) is 19.8 Å². The molecule has 6 heteroatoms. The standard InChI is InChI=1S/C11H15NO5/c1-2-3-16-9(15)12-6-11-4-10(5-11,7-17-11)8(13)14/h2H,1,3-7H2,(H,12,15)(H,13,14). The molecule has 3 rings (SSSR count). The largest absolute Gasteiger partial charge is 0.481 e. The predicted octanol–water partition coefficient (Wildman–Crippen LogP) is 0.532. The van der Waals surface area contributed by atoms with Gasteiger partial charge in [0.1, 0.15) is 6.61 Å². The summed E-state index contributed by atoms with van der Waals surface area (Å²) in [5, 5.41) is 11.6. The Bertz CT molecular complexity index is 359. The predicted molar refractivity (Wildman–Crippen MR) is 57.5 cm³/mol.